The summed E-state index contributed by atoms with van der Waals surface area (Å²) in [6, 6.07) is 18.1. The number of sulfone groups is 1. The molecule has 36 heavy (non-hydrogen) atoms. The number of aromatic nitrogens is 1. The second-order valence-corrected chi connectivity index (χ2v) is 11.4. The Kier molecular flexibility index (Phi) is 6.84. The van der Waals surface area contributed by atoms with E-state index in [4.69, 9.17) is 11.6 Å². The molecule has 0 unspecified atom stereocenters. The van der Waals surface area contributed by atoms with Crippen molar-refractivity contribution in [1.82, 2.24) is 4.57 Å². The largest absolute Gasteiger partial charge is 0.417 e. The molecule has 0 N–H and O–H groups in total. The van der Waals surface area contributed by atoms with Crippen molar-refractivity contribution in [2.24, 2.45) is 0 Å². The number of thiophene rings is 1. The van der Waals surface area contributed by atoms with Crippen molar-refractivity contribution in [3.63, 3.8) is 0 Å². The van der Waals surface area contributed by atoms with Crippen molar-refractivity contribution in [3.05, 3.63) is 98.8 Å². The lowest BCUT2D eigenvalue weighted by molar-refractivity contribution is -0.137. The topological polar surface area (TPSA) is 79.9 Å². The van der Waals surface area contributed by atoms with E-state index in [2.05, 4.69) is 0 Å². The molecule has 0 bridgehead atoms. The molecule has 0 fully saturated rings. The third-order valence-electron chi connectivity index (χ3n) is 5.40. The highest BCUT2D eigenvalue weighted by Gasteiger charge is 2.36. The molecule has 0 aliphatic heterocycles. The molecule has 0 aliphatic carbocycles. The predicted octanol–water partition coefficient (Wildman–Crippen LogP) is 6.24. The number of alkyl halides is 3. The van der Waals surface area contributed by atoms with E-state index in [9.17, 15) is 31.6 Å². The summed E-state index contributed by atoms with van der Waals surface area (Å²) in [4.78, 5) is 14.3. The molecule has 0 amide bonds. The molecule has 0 saturated carbocycles. The van der Waals surface area contributed by atoms with Crippen LogP contribution in [0.1, 0.15) is 16.7 Å². The Morgan fingerprint density at radius 3 is 2.17 bits per heavy atom. The maximum Gasteiger partial charge on any atom is 0.417 e. The van der Waals surface area contributed by atoms with Crippen LogP contribution in [0.4, 0.5) is 13.2 Å². The Balaban J connectivity index is 1.87. The zero-order valence-electron chi connectivity index (χ0n) is 18.5. The Morgan fingerprint density at radius 2 is 1.61 bits per heavy atom. The van der Waals surface area contributed by atoms with Gasteiger partial charge in [0.05, 0.1) is 27.6 Å². The highest BCUT2D eigenvalue weighted by atomic mass is 35.5. The van der Waals surface area contributed by atoms with Crippen LogP contribution in [0.15, 0.2) is 76.4 Å². The van der Waals surface area contributed by atoms with Gasteiger partial charge in [0.15, 0.2) is 9.84 Å². The maximum atomic E-state index is 13.8. The zero-order valence-corrected chi connectivity index (χ0v) is 20.9. The third kappa shape index (κ3) is 5.23. The number of nitrogens with zero attached hydrogens (tertiary/aromatic N) is 2. The van der Waals surface area contributed by atoms with Crippen LogP contribution in [-0.4, -0.2) is 19.2 Å². The van der Waals surface area contributed by atoms with E-state index in [1.165, 1.54) is 18.2 Å². The summed E-state index contributed by atoms with van der Waals surface area (Å²) < 4.78 is 65.9. The van der Waals surface area contributed by atoms with Gasteiger partial charge >= 0.3 is 6.18 Å². The molecule has 0 atom stereocenters. The van der Waals surface area contributed by atoms with Crippen LogP contribution < -0.4 is 5.56 Å². The first-order valence-corrected chi connectivity index (χ1v) is 13.4. The lowest BCUT2D eigenvalue weighted by Gasteiger charge is -2.17. The molecule has 184 valence electrons. The second-order valence-electron chi connectivity index (χ2n) is 7.91. The lowest BCUT2D eigenvalue weighted by atomic mass is 10.1. The zero-order chi connectivity index (χ0) is 26.3. The molecule has 0 radical (unpaired) electrons. The molecular formula is C25H16ClF3N2O3S2. The number of hydrogen-bond acceptors (Lipinski definition) is 5. The number of benzene rings is 2. The quantitative estimate of drug-likeness (QED) is 0.296. The summed E-state index contributed by atoms with van der Waals surface area (Å²) in [5.41, 5.74) is -2.05. The van der Waals surface area contributed by atoms with Gasteiger partial charge in [-0.15, -0.1) is 11.3 Å². The van der Waals surface area contributed by atoms with Crippen molar-refractivity contribution in [3.8, 4) is 27.1 Å². The Hall–Kier alpha value is -3.39. The standard InChI is InChI=1S/C25H16ClF3N2O3S2/c1-36(33,34)18-8-4-16(5-9-18)22-10-11-23(35-22)21-12-20(25(27,28)29)19(13-30)24(32)31(21)14-15-2-6-17(26)7-3-15/h2-12H,14H2,1H3. The van der Waals surface area contributed by atoms with Crippen molar-refractivity contribution in [2.45, 2.75) is 17.6 Å². The molecule has 2 heterocycles. The van der Waals surface area contributed by atoms with Gasteiger partial charge in [0.25, 0.3) is 5.56 Å². The van der Waals surface area contributed by atoms with E-state index in [-0.39, 0.29) is 17.1 Å². The highest BCUT2D eigenvalue weighted by Crippen LogP contribution is 2.38. The number of hydrogen-bond donors (Lipinski definition) is 0. The van der Waals surface area contributed by atoms with Gasteiger partial charge in [0.2, 0.25) is 0 Å². The van der Waals surface area contributed by atoms with E-state index in [0.717, 1.165) is 28.2 Å². The summed E-state index contributed by atoms with van der Waals surface area (Å²) >= 11 is 7.06. The van der Waals surface area contributed by atoms with Gasteiger partial charge in [-0.25, -0.2) is 8.42 Å². The molecule has 5 nitrogen and oxygen atoms in total. The third-order valence-corrected chi connectivity index (χ3v) is 7.93. The van der Waals surface area contributed by atoms with Gasteiger partial charge in [-0.2, -0.15) is 18.4 Å². The first-order chi connectivity index (χ1) is 16.9. The molecule has 0 spiro atoms. The van der Waals surface area contributed by atoms with Crippen molar-refractivity contribution in [1.29, 1.82) is 5.26 Å². The summed E-state index contributed by atoms with van der Waals surface area (Å²) in [5.74, 6) is 0. The molecule has 11 heteroatoms. The fourth-order valence-corrected chi connectivity index (χ4v) is 5.40. The van der Waals surface area contributed by atoms with Gasteiger partial charge in [-0.1, -0.05) is 35.9 Å². The smallest absolute Gasteiger partial charge is 0.302 e. The average molecular weight is 549 g/mol. The fraction of sp³-hybridized carbons (Fsp3) is 0.120. The van der Waals surface area contributed by atoms with E-state index >= 15 is 0 Å². The predicted molar refractivity (Wildman–Crippen MR) is 133 cm³/mol. The number of pyridine rings is 1. The van der Waals surface area contributed by atoms with E-state index < -0.39 is 32.7 Å². The first-order valence-electron chi connectivity index (χ1n) is 10.3. The van der Waals surface area contributed by atoms with Gasteiger partial charge in [0, 0.05) is 16.2 Å². The molecular weight excluding hydrogens is 533 g/mol. The van der Waals surface area contributed by atoms with Gasteiger partial charge in [-0.05, 0) is 53.6 Å². The molecule has 0 saturated heterocycles. The lowest BCUT2D eigenvalue weighted by Crippen LogP contribution is -2.28. The van der Waals surface area contributed by atoms with Crippen LogP contribution in [0.3, 0.4) is 0 Å². The number of rotatable bonds is 5. The number of nitriles is 1. The highest BCUT2D eigenvalue weighted by molar-refractivity contribution is 7.90. The van der Waals surface area contributed by atoms with Crippen molar-refractivity contribution >= 4 is 32.8 Å². The Labute approximate surface area is 213 Å². The fourth-order valence-electron chi connectivity index (χ4n) is 3.61. The second kappa shape index (κ2) is 9.58. The van der Waals surface area contributed by atoms with Crippen LogP contribution >= 0.6 is 22.9 Å². The van der Waals surface area contributed by atoms with Gasteiger partial charge in [0.1, 0.15) is 11.6 Å². The Morgan fingerprint density at radius 1 is 1.00 bits per heavy atom. The molecule has 0 aliphatic rings. The monoisotopic (exact) mass is 548 g/mol. The summed E-state index contributed by atoms with van der Waals surface area (Å²) in [5, 5.41) is 9.82. The van der Waals surface area contributed by atoms with Gasteiger partial charge in [-0.3, -0.25) is 4.79 Å². The summed E-state index contributed by atoms with van der Waals surface area (Å²) in [6.45, 7) is -0.0750. The van der Waals surface area contributed by atoms with E-state index in [0.29, 0.717) is 25.9 Å². The van der Waals surface area contributed by atoms with Crippen LogP contribution in [0, 0.1) is 11.3 Å². The summed E-state index contributed by atoms with van der Waals surface area (Å²) in [7, 11) is -3.38. The molecule has 4 rings (SSSR count). The normalized spacial score (nSPS) is 11.9. The van der Waals surface area contributed by atoms with Crippen molar-refractivity contribution in [2.75, 3.05) is 6.26 Å². The summed E-state index contributed by atoms with van der Waals surface area (Å²) in [6.07, 6.45) is -3.81. The maximum absolute atomic E-state index is 13.8. The van der Waals surface area contributed by atoms with Crippen LogP contribution in [0.5, 0.6) is 0 Å². The van der Waals surface area contributed by atoms with Crippen LogP contribution in [0.25, 0.3) is 21.0 Å². The average Bonchev–Trinajstić information content (AvgIpc) is 3.30. The first kappa shape index (κ1) is 25.7. The molecule has 2 aromatic carbocycles. The minimum absolute atomic E-state index is 0.00489. The minimum atomic E-state index is -4.90. The SMILES string of the molecule is CS(=O)(=O)c1ccc(-c2ccc(-c3cc(C(F)(F)F)c(C#N)c(=O)n3Cc3ccc(Cl)cc3)s2)cc1. The molecule has 2 aromatic heterocycles. The van der Waals surface area contributed by atoms with Gasteiger partial charge < -0.3 is 4.57 Å². The number of halogens is 4. The van der Waals surface area contributed by atoms with E-state index in [1.807, 2.05) is 0 Å². The van der Waals surface area contributed by atoms with E-state index in [1.54, 1.807) is 48.5 Å². The Bertz CT molecular complexity index is 1650. The van der Waals surface area contributed by atoms with Crippen LogP contribution in [0.2, 0.25) is 5.02 Å². The van der Waals surface area contributed by atoms with Crippen molar-refractivity contribution < 1.29 is 21.6 Å². The molecule has 4 aromatic rings. The minimum Gasteiger partial charge on any atom is -0.302 e. The van der Waals surface area contributed by atoms with Crippen LogP contribution in [-0.2, 0) is 22.6 Å².